The average Bonchev–Trinajstić information content (AvgIpc) is 2.74. The molecule has 2 rings (SSSR count). The van der Waals surface area contributed by atoms with Crippen LogP contribution < -0.4 is 9.47 Å². The van der Waals surface area contributed by atoms with Gasteiger partial charge in [0.1, 0.15) is 11.5 Å². The first kappa shape index (κ1) is 23.9. The first-order valence-corrected chi connectivity index (χ1v) is 12.2. The van der Waals surface area contributed by atoms with E-state index in [2.05, 4.69) is 38.1 Å². The molecule has 2 aromatic rings. The summed E-state index contributed by atoms with van der Waals surface area (Å²) in [5, 5.41) is 17.6. The van der Waals surface area contributed by atoms with Crippen molar-refractivity contribution in [1.29, 1.82) is 0 Å². The van der Waals surface area contributed by atoms with Crippen LogP contribution in [0.1, 0.15) is 25.0 Å². The zero-order valence-corrected chi connectivity index (χ0v) is 18.9. The Kier molecular flexibility index (Phi) is 10.8. The summed E-state index contributed by atoms with van der Waals surface area (Å²) in [7, 11) is 0. The van der Waals surface area contributed by atoms with Gasteiger partial charge < -0.3 is 19.7 Å². The fraction of sp³-hybridized carbons (Fsp3) is 0.478. The molecule has 0 bridgehead atoms. The highest BCUT2D eigenvalue weighted by Crippen LogP contribution is 2.33. The molecule has 2 aromatic carbocycles. The van der Waals surface area contributed by atoms with Crippen LogP contribution in [0.3, 0.4) is 0 Å². The number of aliphatic hydroxyl groups is 2. The molecule has 29 heavy (non-hydrogen) atoms. The smallest absolute Gasteiger partial charge is 0.119 e. The van der Waals surface area contributed by atoms with Crippen LogP contribution in [0.15, 0.2) is 48.5 Å². The van der Waals surface area contributed by atoms with Gasteiger partial charge in [-0.25, -0.2) is 0 Å². The summed E-state index contributed by atoms with van der Waals surface area (Å²) in [6.07, 6.45) is 0. The van der Waals surface area contributed by atoms with Gasteiger partial charge in [-0.2, -0.15) is 23.5 Å². The fourth-order valence-electron chi connectivity index (χ4n) is 2.87. The molecule has 0 atom stereocenters. The topological polar surface area (TPSA) is 58.9 Å². The molecule has 0 unspecified atom stereocenters. The van der Waals surface area contributed by atoms with Gasteiger partial charge in [0, 0.05) is 28.4 Å². The van der Waals surface area contributed by atoms with Gasteiger partial charge in [0.15, 0.2) is 0 Å². The van der Waals surface area contributed by atoms with Gasteiger partial charge >= 0.3 is 0 Å². The molecule has 4 nitrogen and oxygen atoms in total. The summed E-state index contributed by atoms with van der Waals surface area (Å²) >= 11 is 3.38. The van der Waals surface area contributed by atoms with Crippen LogP contribution in [0, 0.1) is 0 Å². The summed E-state index contributed by atoms with van der Waals surface area (Å²) in [6.45, 7) is 6.16. The highest BCUT2D eigenvalue weighted by Gasteiger charge is 2.23. The Hall–Kier alpha value is -1.34. The van der Waals surface area contributed by atoms with Gasteiger partial charge in [0.25, 0.3) is 0 Å². The lowest BCUT2D eigenvalue weighted by Gasteiger charge is -2.26. The van der Waals surface area contributed by atoms with Gasteiger partial charge in [-0.15, -0.1) is 0 Å². The standard InChI is InChI=1S/C23H32O4S2/c1-23(2,19-3-7-21(8-4-19)26-13-17-28-15-11-24)20-5-9-22(10-6-20)27-14-18-29-16-12-25/h3-10,24-25H,11-18H2,1-2H3. The van der Waals surface area contributed by atoms with Crippen molar-refractivity contribution >= 4 is 23.5 Å². The second kappa shape index (κ2) is 13.1. The normalized spacial score (nSPS) is 11.4. The Morgan fingerprint density at radius 2 is 1.03 bits per heavy atom. The summed E-state index contributed by atoms with van der Waals surface area (Å²) in [4.78, 5) is 0. The second-order valence-electron chi connectivity index (χ2n) is 7.04. The van der Waals surface area contributed by atoms with Crippen molar-refractivity contribution < 1.29 is 19.7 Å². The SMILES string of the molecule is CC(C)(c1ccc(OCCSCCO)cc1)c1ccc(OCCSCCO)cc1. The molecule has 2 N–H and O–H groups in total. The van der Waals surface area contributed by atoms with Crippen LogP contribution in [-0.2, 0) is 5.41 Å². The van der Waals surface area contributed by atoms with Crippen LogP contribution in [0.5, 0.6) is 11.5 Å². The van der Waals surface area contributed by atoms with E-state index in [1.165, 1.54) is 11.1 Å². The Morgan fingerprint density at radius 1 is 0.655 bits per heavy atom. The van der Waals surface area contributed by atoms with Gasteiger partial charge in [-0.1, -0.05) is 38.1 Å². The van der Waals surface area contributed by atoms with Crippen LogP contribution in [0.2, 0.25) is 0 Å². The molecule has 0 aliphatic carbocycles. The zero-order valence-electron chi connectivity index (χ0n) is 17.3. The molecule has 160 valence electrons. The predicted octanol–water partition coefficient (Wildman–Crippen LogP) is 4.22. The number of rotatable bonds is 14. The third-order valence-corrected chi connectivity index (χ3v) is 6.47. The minimum atomic E-state index is -0.120. The van der Waals surface area contributed by atoms with E-state index in [-0.39, 0.29) is 18.6 Å². The molecule has 0 aromatic heterocycles. The van der Waals surface area contributed by atoms with Crippen molar-refractivity contribution in [2.45, 2.75) is 19.3 Å². The highest BCUT2D eigenvalue weighted by atomic mass is 32.2. The average molecular weight is 437 g/mol. The maximum Gasteiger partial charge on any atom is 0.119 e. The van der Waals surface area contributed by atoms with Gasteiger partial charge in [0.05, 0.1) is 26.4 Å². The molecule has 0 heterocycles. The number of benzene rings is 2. The number of hydrogen-bond acceptors (Lipinski definition) is 6. The zero-order chi connectivity index (χ0) is 21.0. The van der Waals surface area contributed by atoms with Crippen molar-refractivity contribution in [2.24, 2.45) is 0 Å². The number of thioether (sulfide) groups is 2. The summed E-state index contributed by atoms with van der Waals surface area (Å²) in [6, 6.07) is 16.6. The Balaban J connectivity index is 1.88. The molecule has 6 heteroatoms. The van der Waals surface area contributed by atoms with E-state index >= 15 is 0 Å². The number of hydrogen-bond donors (Lipinski definition) is 2. The summed E-state index contributed by atoms with van der Waals surface area (Å²) in [5.74, 6) is 5.00. The first-order chi connectivity index (χ1) is 14.1. The molecule has 0 radical (unpaired) electrons. The molecule has 0 fully saturated rings. The molecule has 0 saturated carbocycles. The lowest BCUT2D eigenvalue weighted by atomic mass is 9.78. The number of aliphatic hydroxyl groups excluding tert-OH is 2. The van der Waals surface area contributed by atoms with Crippen LogP contribution in [0.4, 0.5) is 0 Å². The van der Waals surface area contributed by atoms with E-state index < -0.39 is 0 Å². The quantitative estimate of drug-likeness (QED) is 0.433. The maximum atomic E-state index is 8.79. The molecule has 0 spiro atoms. The fourth-order valence-corrected chi connectivity index (χ4v) is 3.94. The predicted molar refractivity (Wildman–Crippen MR) is 125 cm³/mol. The minimum Gasteiger partial charge on any atom is -0.493 e. The third kappa shape index (κ3) is 8.13. The van der Waals surface area contributed by atoms with Gasteiger partial charge in [-0.3, -0.25) is 0 Å². The molecular formula is C23H32O4S2. The Labute approximate surface area is 183 Å². The van der Waals surface area contributed by atoms with Crippen molar-refractivity contribution in [3.63, 3.8) is 0 Å². The van der Waals surface area contributed by atoms with Gasteiger partial charge in [-0.05, 0) is 35.4 Å². The highest BCUT2D eigenvalue weighted by molar-refractivity contribution is 7.99. The van der Waals surface area contributed by atoms with Crippen molar-refractivity contribution in [2.75, 3.05) is 49.4 Å². The van der Waals surface area contributed by atoms with Crippen LogP contribution in [0.25, 0.3) is 0 Å². The maximum absolute atomic E-state index is 8.79. The lowest BCUT2D eigenvalue weighted by Crippen LogP contribution is -2.18. The molecule has 0 aliphatic heterocycles. The third-order valence-electron chi connectivity index (χ3n) is 4.62. The Morgan fingerprint density at radius 3 is 1.38 bits per heavy atom. The van der Waals surface area contributed by atoms with Crippen molar-refractivity contribution in [1.82, 2.24) is 0 Å². The lowest BCUT2D eigenvalue weighted by molar-refractivity contribution is 0.321. The van der Waals surface area contributed by atoms with E-state index in [0.29, 0.717) is 13.2 Å². The van der Waals surface area contributed by atoms with Crippen LogP contribution >= 0.6 is 23.5 Å². The van der Waals surface area contributed by atoms with Crippen molar-refractivity contribution in [3.05, 3.63) is 59.7 Å². The van der Waals surface area contributed by atoms with E-state index in [0.717, 1.165) is 34.5 Å². The largest absolute Gasteiger partial charge is 0.493 e. The monoisotopic (exact) mass is 436 g/mol. The summed E-state index contributed by atoms with van der Waals surface area (Å²) in [5.41, 5.74) is 2.34. The molecule has 0 saturated heterocycles. The second-order valence-corrected chi connectivity index (χ2v) is 9.49. The van der Waals surface area contributed by atoms with Gasteiger partial charge in [0.2, 0.25) is 0 Å². The minimum absolute atomic E-state index is 0.120. The molecular weight excluding hydrogens is 404 g/mol. The molecule has 0 amide bonds. The van der Waals surface area contributed by atoms with E-state index in [9.17, 15) is 0 Å². The molecule has 0 aliphatic rings. The van der Waals surface area contributed by atoms with E-state index in [1.54, 1.807) is 23.5 Å². The van der Waals surface area contributed by atoms with E-state index in [1.807, 2.05) is 24.3 Å². The first-order valence-electron chi connectivity index (χ1n) is 9.92. The van der Waals surface area contributed by atoms with E-state index in [4.69, 9.17) is 19.7 Å². The summed E-state index contributed by atoms with van der Waals surface area (Å²) < 4.78 is 11.5. The van der Waals surface area contributed by atoms with Crippen molar-refractivity contribution in [3.8, 4) is 11.5 Å². The Bertz CT molecular complexity index is 628. The number of ether oxygens (including phenoxy) is 2. The van der Waals surface area contributed by atoms with Crippen LogP contribution in [-0.4, -0.2) is 59.7 Å².